The molecule has 0 spiro atoms. The van der Waals surface area contributed by atoms with Crippen LogP contribution >= 0.6 is 22.9 Å². The Morgan fingerprint density at radius 3 is 3.11 bits per heavy atom. The van der Waals surface area contributed by atoms with E-state index >= 15 is 0 Å². The molecule has 2 aromatic rings. The molecule has 1 aromatic heterocycles. The van der Waals surface area contributed by atoms with Gasteiger partial charge in [0.05, 0.1) is 16.8 Å². The number of halogens is 1. The molecular formula is C12H13ClN2O2S. The first-order valence-electron chi connectivity index (χ1n) is 5.46. The highest BCUT2D eigenvalue weighted by Gasteiger charge is 2.11. The number of methoxy groups -OCH3 is 1. The highest BCUT2D eigenvalue weighted by Crippen LogP contribution is 2.26. The number of hydrogen-bond acceptors (Lipinski definition) is 4. The van der Waals surface area contributed by atoms with Gasteiger partial charge in [-0.3, -0.25) is 4.79 Å². The lowest BCUT2D eigenvalue weighted by atomic mass is 10.2. The van der Waals surface area contributed by atoms with Crippen LogP contribution in [0, 0.1) is 0 Å². The molecule has 0 fully saturated rings. The summed E-state index contributed by atoms with van der Waals surface area (Å²) in [4.78, 5) is 16.1. The first-order valence-corrected chi connectivity index (χ1v) is 6.65. The third-order valence-corrected chi connectivity index (χ3v) is 3.56. The van der Waals surface area contributed by atoms with Gasteiger partial charge in [-0.1, -0.05) is 11.6 Å². The molecule has 0 saturated carbocycles. The maximum Gasteiger partial charge on any atom is 0.251 e. The van der Waals surface area contributed by atoms with Crippen LogP contribution in [0.5, 0.6) is 0 Å². The summed E-state index contributed by atoms with van der Waals surface area (Å²) in [5.41, 5.74) is 1.32. The van der Waals surface area contributed by atoms with Crippen molar-refractivity contribution in [1.29, 1.82) is 0 Å². The van der Waals surface area contributed by atoms with Crippen molar-refractivity contribution in [3.63, 3.8) is 0 Å². The van der Waals surface area contributed by atoms with Crippen molar-refractivity contribution >= 4 is 39.1 Å². The number of fused-ring (bicyclic) bond motifs is 1. The zero-order valence-corrected chi connectivity index (χ0v) is 11.6. The minimum Gasteiger partial charge on any atom is -0.383 e. The second-order valence-corrected chi connectivity index (χ2v) is 5.59. The van der Waals surface area contributed by atoms with Crippen molar-refractivity contribution < 1.29 is 9.53 Å². The van der Waals surface area contributed by atoms with E-state index < -0.39 is 0 Å². The topological polar surface area (TPSA) is 51.2 Å². The second kappa shape index (κ2) is 5.65. The third-order valence-electron chi connectivity index (χ3n) is 2.42. The largest absolute Gasteiger partial charge is 0.383 e. The molecular weight excluding hydrogens is 272 g/mol. The van der Waals surface area contributed by atoms with Crippen LogP contribution in [-0.4, -0.2) is 30.6 Å². The highest BCUT2D eigenvalue weighted by atomic mass is 35.5. The van der Waals surface area contributed by atoms with Crippen molar-refractivity contribution in [2.45, 2.75) is 13.0 Å². The molecule has 1 heterocycles. The summed E-state index contributed by atoms with van der Waals surface area (Å²) < 4.78 is 6.43. The average Bonchev–Trinajstić information content (AvgIpc) is 2.68. The molecule has 0 aliphatic rings. The van der Waals surface area contributed by atoms with E-state index in [4.69, 9.17) is 16.3 Å². The molecule has 18 heavy (non-hydrogen) atoms. The molecule has 0 aliphatic heterocycles. The van der Waals surface area contributed by atoms with Gasteiger partial charge in [-0.2, -0.15) is 0 Å². The lowest BCUT2D eigenvalue weighted by Crippen LogP contribution is -2.35. The summed E-state index contributed by atoms with van der Waals surface area (Å²) >= 11 is 7.23. The quantitative estimate of drug-likeness (QED) is 0.939. The average molecular weight is 285 g/mol. The molecule has 0 radical (unpaired) electrons. The molecule has 96 valence electrons. The SMILES string of the molecule is COCC(C)NC(=O)c1ccc2sc(Cl)nc2c1. The van der Waals surface area contributed by atoms with Crippen molar-refractivity contribution in [3.8, 4) is 0 Å². The zero-order chi connectivity index (χ0) is 13.1. The number of rotatable bonds is 4. The van der Waals surface area contributed by atoms with Crippen LogP contribution in [0.4, 0.5) is 0 Å². The van der Waals surface area contributed by atoms with Gasteiger partial charge in [-0.05, 0) is 25.1 Å². The van der Waals surface area contributed by atoms with Gasteiger partial charge in [0.15, 0.2) is 4.47 Å². The molecule has 6 heteroatoms. The molecule has 1 aromatic carbocycles. The molecule has 1 N–H and O–H groups in total. The standard InChI is InChI=1S/C12H13ClN2O2S/c1-7(6-17-2)14-11(16)8-3-4-10-9(5-8)15-12(13)18-10/h3-5,7H,6H2,1-2H3,(H,14,16). The van der Waals surface area contributed by atoms with Crippen LogP contribution in [0.2, 0.25) is 4.47 Å². The van der Waals surface area contributed by atoms with Gasteiger partial charge in [0.1, 0.15) is 0 Å². The van der Waals surface area contributed by atoms with Gasteiger partial charge >= 0.3 is 0 Å². The second-order valence-electron chi connectivity index (χ2n) is 3.98. The van der Waals surface area contributed by atoms with E-state index in [1.54, 1.807) is 19.2 Å². The lowest BCUT2D eigenvalue weighted by molar-refractivity contribution is 0.0905. The Balaban J connectivity index is 2.17. The number of ether oxygens (including phenoxy) is 1. The molecule has 0 bridgehead atoms. The smallest absolute Gasteiger partial charge is 0.251 e. The lowest BCUT2D eigenvalue weighted by Gasteiger charge is -2.12. The minimum atomic E-state index is -0.134. The zero-order valence-electron chi connectivity index (χ0n) is 10.1. The van der Waals surface area contributed by atoms with E-state index in [0.29, 0.717) is 16.6 Å². The van der Waals surface area contributed by atoms with Gasteiger partial charge in [0.25, 0.3) is 5.91 Å². The Morgan fingerprint density at radius 1 is 1.61 bits per heavy atom. The molecule has 1 atom stereocenters. The maximum atomic E-state index is 12.0. The Labute approximate surface area is 114 Å². The molecule has 4 nitrogen and oxygen atoms in total. The Morgan fingerprint density at radius 2 is 2.39 bits per heavy atom. The summed E-state index contributed by atoms with van der Waals surface area (Å²) in [6.07, 6.45) is 0. The minimum absolute atomic E-state index is 0.0304. The van der Waals surface area contributed by atoms with Gasteiger partial charge in [0, 0.05) is 18.7 Å². The monoisotopic (exact) mass is 284 g/mol. The predicted octanol–water partition coefficient (Wildman–Crippen LogP) is 2.71. The Bertz CT molecular complexity index is 570. The van der Waals surface area contributed by atoms with Crippen molar-refractivity contribution in [3.05, 3.63) is 28.2 Å². The number of hydrogen-bond donors (Lipinski definition) is 1. The number of amides is 1. The predicted molar refractivity (Wildman–Crippen MR) is 73.4 cm³/mol. The number of carbonyl (C=O) groups excluding carboxylic acids is 1. The van der Waals surface area contributed by atoms with E-state index in [1.165, 1.54) is 11.3 Å². The van der Waals surface area contributed by atoms with Crippen LogP contribution in [0.25, 0.3) is 10.2 Å². The van der Waals surface area contributed by atoms with E-state index in [2.05, 4.69) is 10.3 Å². The number of nitrogens with zero attached hydrogens (tertiary/aromatic N) is 1. The number of benzene rings is 1. The van der Waals surface area contributed by atoms with Crippen LogP contribution in [-0.2, 0) is 4.74 Å². The van der Waals surface area contributed by atoms with E-state index in [1.807, 2.05) is 13.0 Å². The van der Waals surface area contributed by atoms with Crippen molar-refractivity contribution in [1.82, 2.24) is 10.3 Å². The van der Waals surface area contributed by atoms with Crippen LogP contribution in [0.3, 0.4) is 0 Å². The molecule has 0 saturated heterocycles. The summed E-state index contributed by atoms with van der Waals surface area (Å²) in [5, 5.41) is 2.85. The number of carbonyl (C=O) groups is 1. The summed E-state index contributed by atoms with van der Waals surface area (Å²) in [6.45, 7) is 2.37. The molecule has 0 aliphatic carbocycles. The Hall–Kier alpha value is -1.17. The number of thiazole rings is 1. The Kier molecular flexibility index (Phi) is 4.16. The van der Waals surface area contributed by atoms with Crippen LogP contribution in [0.1, 0.15) is 17.3 Å². The van der Waals surface area contributed by atoms with Crippen LogP contribution < -0.4 is 5.32 Å². The number of aromatic nitrogens is 1. The van der Waals surface area contributed by atoms with E-state index in [9.17, 15) is 4.79 Å². The van der Waals surface area contributed by atoms with Gasteiger partial charge < -0.3 is 10.1 Å². The molecule has 1 unspecified atom stereocenters. The van der Waals surface area contributed by atoms with Crippen molar-refractivity contribution in [2.75, 3.05) is 13.7 Å². The third kappa shape index (κ3) is 2.98. The first-order chi connectivity index (χ1) is 8.60. The molecule has 2 rings (SSSR count). The van der Waals surface area contributed by atoms with Gasteiger partial charge in [0.2, 0.25) is 0 Å². The number of nitrogens with one attached hydrogen (secondary N) is 1. The van der Waals surface area contributed by atoms with Crippen LogP contribution in [0.15, 0.2) is 18.2 Å². The fraction of sp³-hybridized carbons (Fsp3) is 0.333. The normalized spacial score (nSPS) is 12.6. The summed E-state index contributed by atoms with van der Waals surface area (Å²) in [6, 6.07) is 5.34. The summed E-state index contributed by atoms with van der Waals surface area (Å²) in [7, 11) is 1.60. The van der Waals surface area contributed by atoms with E-state index in [-0.39, 0.29) is 11.9 Å². The van der Waals surface area contributed by atoms with E-state index in [0.717, 1.165) is 10.2 Å². The van der Waals surface area contributed by atoms with Gasteiger partial charge in [-0.15, -0.1) is 11.3 Å². The fourth-order valence-electron chi connectivity index (χ4n) is 1.64. The summed E-state index contributed by atoms with van der Waals surface area (Å²) in [5.74, 6) is -0.134. The fourth-order valence-corrected chi connectivity index (χ4v) is 2.65. The van der Waals surface area contributed by atoms with Crippen molar-refractivity contribution in [2.24, 2.45) is 0 Å². The first kappa shape index (κ1) is 13.3. The van der Waals surface area contributed by atoms with Gasteiger partial charge in [-0.25, -0.2) is 4.98 Å². The molecule has 1 amide bonds. The maximum absolute atomic E-state index is 12.0. The highest BCUT2D eigenvalue weighted by molar-refractivity contribution is 7.22.